The van der Waals surface area contributed by atoms with E-state index < -0.39 is 0 Å². The molecule has 0 amide bonds. The van der Waals surface area contributed by atoms with Crippen LogP contribution in [0.3, 0.4) is 0 Å². The van der Waals surface area contributed by atoms with Crippen LogP contribution in [0.5, 0.6) is 0 Å². The number of nitrogens with one attached hydrogen (secondary N) is 2. The Labute approximate surface area is 67.8 Å². The first-order valence-corrected chi connectivity index (χ1v) is 4.01. The molecular formula is C8H16N2O. The van der Waals surface area contributed by atoms with E-state index in [2.05, 4.69) is 17.4 Å². The van der Waals surface area contributed by atoms with Crippen LogP contribution in [0.15, 0.2) is 12.2 Å². The molecule has 0 radical (unpaired) electrons. The maximum absolute atomic E-state index is 5.01. The summed E-state index contributed by atoms with van der Waals surface area (Å²) in [5.41, 5.74) is 3.96. The lowest BCUT2D eigenvalue weighted by molar-refractivity contribution is 0.0523. The van der Waals surface area contributed by atoms with Gasteiger partial charge >= 0.3 is 0 Å². The summed E-state index contributed by atoms with van der Waals surface area (Å²) in [4.78, 5) is 5.01. The standard InChI is InChI=1S/C8H16N2O/c1-7-5-8(10-6-7)3-4-11-9-2/h8-10H,1,3-6H2,2H3. The third kappa shape index (κ3) is 3.01. The second-order valence-electron chi connectivity index (χ2n) is 2.87. The number of hydroxylamine groups is 1. The minimum Gasteiger partial charge on any atom is -0.310 e. The number of hydrogen-bond donors (Lipinski definition) is 2. The van der Waals surface area contributed by atoms with Crippen LogP contribution < -0.4 is 10.8 Å². The lowest BCUT2D eigenvalue weighted by atomic mass is 10.1. The molecule has 0 saturated carbocycles. The van der Waals surface area contributed by atoms with Crippen molar-refractivity contribution in [3.05, 3.63) is 12.2 Å². The van der Waals surface area contributed by atoms with Gasteiger partial charge in [0, 0.05) is 19.6 Å². The Morgan fingerprint density at radius 2 is 2.64 bits per heavy atom. The van der Waals surface area contributed by atoms with Gasteiger partial charge in [0.25, 0.3) is 0 Å². The Kier molecular flexibility index (Phi) is 3.56. The van der Waals surface area contributed by atoms with E-state index in [1.807, 2.05) is 0 Å². The van der Waals surface area contributed by atoms with E-state index >= 15 is 0 Å². The highest BCUT2D eigenvalue weighted by atomic mass is 16.6. The Morgan fingerprint density at radius 3 is 3.18 bits per heavy atom. The molecule has 11 heavy (non-hydrogen) atoms. The molecule has 1 atom stereocenters. The molecule has 1 unspecified atom stereocenters. The van der Waals surface area contributed by atoms with Crippen molar-refractivity contribution < 1.29 is 4.84 Å². The molecule has 0 aromatic carbocycles. The van der Waals surface area contributed by atoms with Crippen molar-refractivity contribution in [3.63, 3.8) is 0 Å². The van der Waals surface area contributed by atoms with Gasteiger partial charge in [-0.05, 0) is 12.8 Å². The van der Waals surface area contributed by atoms with Gasteiger partial charge in [-0.15, -0.1) is 0 Å². The Hall–Kier alpha value is -0.380. The summed E-state index contributed by atoms with van der Waals surface area (Å²) in [6.07, 6.45) is 2.16. The van der Waals surface area contributed by atoms with Crippen molar-refractivity contribution in [1.29, 1.82) is 0 Å². The maximum Gasteiger partial charge on any atom is 0.0697 e. The van der Waals surface area contributed by atoms with E-state index in [-0.39, 0.29) is 0 Å². The first-order valence-electron chi connectivity index (χ1n) is 4.01. The molecule has 64 valence electrons. The Bertz CT molecular complexity index is 136. The molecule has 2 N–H and O–H groups in total. The lowest BCUT2D eigenvalue weighted by Crippen LogP contribution is -2.24. The van der Waals surface area contributed by atoms with Gasteiger partial charge in [0.1, 0.15) is 0 Å². The van der Waals surface area contributed by atoms with Crippen molar-refractivity contribution in [2.75, 3.05) is 20.2 Å². The van der Waals surface area contributed by atoms with Crippen molar-refractivity contribution in [3.8, 4) is 0 Å². The fraction of sp³-hybridized carbons (Fsp3) is 0.750. The highest BCUT2D eigenvalue weighted by Gasteiger charge is 2.15. The van der Waals surface area contributed by atoms with Gasteiger partial charge in [-0.1, -0.05) is 12.2 Å². The van der Waals surface area contributed by atoms with Gasteiger partial charge in [0.15, 0.2) is 0 Å². The fourth-order valence-electron chi connectivity index (χ4n) is 1.29. The predicted molar refractivity (Wildman–Crippen MR) is 45.2 cm³/mol. The molecule has 1 aliphatic rings. The van der Waals surface area contributed by atoms with E-state index in [0.717, 1.165) is 26.0 Å². The highest BCUT2D eigenvalue weighted by Crippen LogP contribution is 2.12. The molecule has 1 saturated heterocycles. The molecule has 1 fully saturated rings. The summed E-state index contributed by atoms with van der Waals surface area (Å²) >= 11 is 0. The molecule has 0 bridgehead atoms. The van der Waals surface area contributed by atoms with Crippen LogP contribution in [0.2, 0.25) is 0 Å². The summed E-state index contributed by atoms with van der Waals surface area (Å²) in [5, 5.41) is 3.36. The van der Waals surface area contributed by atoms with E-state index in [0.29, 0.717) is 6.04 Å². The molecule has 3 nitrogen and oxygen atoms in total. The van der Waals surface area contributed by atoms with Crippen molar-refractivity contribution >= 4 is 0 Å². The molecule has 0 spiro atoms. The van der Waals surface area contributed by atoms with Crippen LogP contribution in [0.1, 0.15) is 12.8 Å². The average molecular weight is 156 g/mol. The molecule has 1 heterocycles. The minimum atomic E-state index is 0.579. The normalized spacial score (nSPS) is 24.5. The third-order valence-electron chi connectivity index (χ3n) is 1.89. The topological polar surface area (TPSA) is 33.3 Å². The largest absolute Gasteiger partial charge is 0.310 e. The molecule has 3 heteroatoms. The van der Waals surface area contributed by atoms with E-state index in [1.165, 1.54) is 5.57 Å². The van der Waals surface area contributed by atoms with Crippen LogP contribution in [0, 0.1) is 0 Å². The van der Waals surface area contributed by atoms with Crippen LogP contribution in [-0.4, -0.2) is 26.2 Å². The second kappa shape index (κ2) is 4.49. The van der Waals surface area contributed by atoms with Crippen LogP contribution in [0.25, 0.3) is 0 Å². The highest BCUT2D eigenvalue weighted by molar-refractivity contribution is 5.06. The molecular weight excluding hydrogens is 140 g/mol. The Balaban J connectivity index is 2.04. The van der Waals surface area contributed by atoms with Gasteiger partial charge in [-0.25, -0.2) is 5.48 Å². The van der Waals surface area contributed by atoms with Crippen molar-refractivity contribution in [2.45, 2.75) is 18.9 Å². The van der Waals surface area contributed by atoms with Gasteiger partial charge in [0.2, 0.25) is 0 Å². The number of hydrogen-bond acceptors (Lipinski definition) is 3. The zero-order valence-corrected chi connectivity index (χ0v) is 7.02. The smallest absolute Gasteiger partial charge is 0.0697 e. The SMILES string of the molecule is C=C1CNC(CCONC)C1. The minimum absolute atomic E-state index is 0.579. The van der Waals surface area contributed by atoms with Gasteiger partial charge < -0.3 is 10.2 Å². The van der Waals surface area contributed by atoms with E-state index in [4.69, 9.17) is 4.84 Å². The zero-order chi connectivity index (χ0) is 8.10. The summed E-state index contributed by atoms with van der Waals surface area (Å²) in [5.74, 6) is 0. The summed E-state index contributed by atoms with van der Waals surface area (Å²) in [6, 6.07) is 0.579. The van der Waals surface area contributed by atoms with Crippen LogP contribution >= 0.6 is 0 Å². The van der Waals surface area contributed by atoms with E-state index in [9.17, 15) is 0 Å². The van der Waals surface area contributed by atoms with Crippen molar-refractivity contribution in [1.82, 2.24) is 10.8 Å². The second-order valence-corrected chi connectivity index (χ2v) is 2.87. The molecule has 0 aliphatic carbocycles. The fourth-order valence-corrected chi connectivity index (χ4v) is 1.29. The summed E-state index contributed by atoms with van der Waals surface area (Å²) in [6.45, 7) is 5.66. The third-order valence-corrected chi connectivity index (χ3v) is 1.89. The predicted octanol–water partition coefficient (Wildman–Crippen LogP) is 0.446. The molecule has 0 aromatic rings. The van der Waals surface area contributed by atoms with Crippen LogP contribution in [0.4, 0.5) is 0 Å². The van der Waals surface area contributed by atoms with Gasteiger partial charge in [-0.2, -0.15) is 0 Å². The first kappa shape index (κ1) is 8.71. The van der Waals surface area contributed by atoms with Crippen molar-refractivity contribution in [2.24, 2.45) is 0 Å². The molecule has 1 rings (SSSR count). The quantitative estimate of drug-likeness (QED) is 0.352. The summed E-state index contributed by atoms with van der Waals surface area (Å²) in [7, 11) is 1.78. The summed E-state index contributed by atoms with van der Waals surface area (Å²) < 4.78 is 0. The first-order chi connectivity index (χ1) is 5.33. The molecule has 0 aromatic heterocycles. The Morgan fingerprint density at radius 1 is 1.82 bits per heavy atom. The molecule has 1 aliphatic heterocycles. The maximum atomic E-state index is 5.01. The van der Waals surface area contributed by atoms with Crippen LogP contribution in [-0.2, 0) is 4.84 Å². The monoisotopic (exact) mass is 156 g/mol. The number of rotatable bonds is 4. The average Bonchev–Trinajstić information content (AvgIpc) is 2.37. The zero-order valence-electron chi connectivity index (χ0n) is 7.02. The van der Waals surface area contributed by atoms with E-state index in [1.54, 1.807) is 7.05 Å². The van der Waals surface area contributed by atoms with Gasteiger partial charge in [0.05, 0.1) is 6.61 Å². The lowest BCUT2D eigenvalue weighted by Gasteiger charge is -2.08. The van der Waals surface area contributed by atoms with Gasteiger partial charge in [-0.3, -0.25) is 0 Å².